The summed E-state index contributed by atoms with van der Waals surface area (Å²) >= 11 is 0. The molecule has 3 aromatic rings. The number of aliphatic hydroxyl groups excluding tert-OH is 3. The molecule has 4 heterocycles. The van der Waals surface area contributed by atoms with Crippen LogP contribution in [-0.4, -0.2) is 59.8 Å². The maximum atomic E-state index is 14.6. The Morgan fingerprint density at radius 1 is 1.29 bits per heavy atom. The molecule has 4 N–H and O–H groups in total. The van der Waals surface area contributed by atoms with E-state index < -0.39 is 37.0 Å². The third kappa shape index (κ3) is 2.13. The zero-order chi connectivity index (χ0) is 16.8. The number of hydrogen-bond donors (Lipinski definition) is 4. The van der Waals surface area contributed by atoms with Gasteiger partial charge in [-0.1, -0.05) is 0 Å². The van der Waals surface area contributed by atoms with Gasteiger partial charge in [0.05, 0.1) is 17.7 Å². The molecular weight excluding hydrogens is 319 g/mol. The maximum absolute atomic E-state index is 14.6. The number of fused-ring (bicyclic) bond motifs is 1. The molecule has 9 heteroatoms. The van der Waals surface area contributed by atoms with Gasteiger partial charge in [-0.25, -0.2) is 14.4 Å². The van der Waals surface area contributed by atoms with E-state index in [9.17, 15) is 19.7 Å². The standard InChI is InChI=1S/C15H15FN4O4/c16-7-4-20(15-13(23)12(22)9(5-21)24-15)14-10(7)11(18-6-19-14)8-2-1-3-17-8/h1-4,6,9,12-13,15,17,21-23H,5H2/t9-,12-,13-,15-/m1/s1. The molecule has 0 saturated carbocycles. The highest BCUT2D eigenvalue weighted by atomic mass is 19.1. The van der Waals surface area contributed by atoms with Gasteiger partial charge < -0.3 is 29.6 Å². The van der Waals surface area contributed by atoms with E-state index in [-0.39, 0.29) is 11.0 Å². The Kier molecular flexibility index (Phi) is 3.57. The van der Waals surface area contributed by atoms with Gasteiger partial charge in [0.1, 0.15) is 36.0 Å². The Morgan fingerprint density at radius 3 is 2.79 bits per heavy atom. The van der Waals surface area contributed by atoms with E-state index in [0.717, 1.165) is 6.20 Å². The number of nitrogens with one attached hydrogen (secondary N) is 1. The van der Waals surface area contributed by atoms with Gasteiger partial charge in [0.25, 0.3) is 0 Å². The Balaban J connectivity index is 1.86. The topological polar surface area (TPSA) is 116 Å². The van der Waals surface area contributed by atoms with Gasteiger partial charge in [-0.15, -0.1) is 0 Å². The summed E-state index contributed by atoms with van der Waals surface area (Å²) in [5, 5.41) is 29.4. The van der Waals surface area contributed by atoms with E-state index in [4.69, 9.17) is 4.74 Å². The number of halogens is 1. The zero-order valence-electron chi connectivity index (χ0n) is 12.4. The number of rotatable bonds is 3. The summed E-state index contributed by atoms with van der Waals surface area (Å²) < 4.78 is 21.3. The maximum Gasteiger partial charge on any atom is 0.164 e. The molecule has 1 saturated heterocycles. The van der Waals surface area contributed by atoms with Gasteiger partial charge in [-0.3, -0.25) is 0 Å². The molecule has 0 spiro atoms. The summed E-state index contributed by atoms with van der Waals surface area (Å²) in [4.78, 5) is 11.2. The van der Waals surface area contributed by atoms with Crippen molar-refractivity contribution in [2.45, 2.75) is 24.5 Å². The molecule has 0 radical (unpaired) electrons. The van der Waals surface area contributed by atoms with Crippen molar-refractivity contribution >= 4 is 11.0 Å². The van der Waals surface area contributed by atoms with E-state index in [1.165, 1.54) is 10.9 Å². The van der Waals surface area contributed by atoms with Crippen molar-refractivity contribution in [1.29, 1.82) is 0 Å². The summed E-state index contributed by atoms with van der Waals surface area (Å²) in [6.07, 6.45) is -0.469. The minimum atomic E-state index is -1.32. The first-order valence-corrected chi connectivity index (χ1v) is 7.39. The van der Waals surface area contributed by atoms with Crippen molar-refractivity contribution in [3.63, 3.8) is 0 Å². The molecule has 0 aromatic carbocycles. The van der Waals surface area contributed by atoms with E-state index >= 15 is 0 Å². The van der Waals surface area contributed by atoms with Crippen molar-refractivity contribution in [3.05, 3.63) is 36.7 Å². The van der Waals surface area contributed by atoms with Crippen LogP contribution in [-0.2, 0) is 4.74 Å². The van der Waals surface area contributed by atoms with Crippen LogP contribution < -0.4 is 0 Å². The molecule has 0 amide bonds. The molecule has 8 nitrogen and oxygen atoms in total. The van der Waals surface area contributed by atoms with Crippen LogP contribution in [0.2, 0.25) is 0 Å². The van der Waals surface area contributed by atoms with Gasteiger partial charge in [0.2, 0.25) is 0 Å². The minimum Gasteiger partial charge on any atom is -0.394 e. The molecule has 1 aliphatic rings. The van der Waals surface area contributed by atoms with Crippen LogP contribution in [0.5, 0.6) is 0 Å². The Bertz CT molecular complexity index is 866. The lowest BCUT2D eigenvalue weighted by atomic mass is 10.1. The fourth-order valence-corrected chi connectivity index (χ4v) is 3.03. The van der Waals surface area contributed by atoms with Crippen LogP contribution in [0.15, 0.2) is 30.9 Å². The molecule has 3 aromatic heterocycles. The summed E-state index contributed by atoms with van der Waals surface area (Å²) in [6.45, 7) is -0.459. The molecule has 4 atom stereocenters. The predicted octanol–water partition coefficient (Wildman–Crippen LogP) is 0.177. The second kappa shape index (κ2) is 5.64. The smallest absolute Gasteiger partial charge is 0.164 e. The monoisotopic (exact) mass is 334 g/mol. The van der Waals surface area contributed by atoms with Crippen LogP contribution >= 0.6 is 0 Å². The van der Waals surface area contributed by atoms with E-state index in [1.807, 2.05) is 0 Å². The first-order valence-electron chi connectivity index (χ1n) is 7.39. The normalized spacial score (nSPS) is 27.2. The molecule has 0 bridgehead atoms. The van der Waals surface area contributed by atoms with E-state index in [1.54, 1.807) is 18.3 Å². The average Bonchev–Trinajstić information content (AvgIpc) is 3.29. The van der Waals surface area contributed by atoms with Gasteiger partial charge >= 0.3 is 0 Å². The van der Waals surface area contributed by atoms with Crippen molar-refractivity contribution < 1.29 is 24.4 Å². The number of aromatic nitrogens is 4. The lowest BCUT2D eigenvalue weighted by molar-refractivity contribution is -0.0510. The zero-order valence-corrected chi connectivity index (χ0v) is 12.4. The number of nitrogens with zero attached hydrogens (tertiary/aromatic N) is 3. The molecule has 0 unspecified atom stereocenters. The number of H-pyrrole nitrogens is 1. The Morgan fingerprint density at radius 2 is 2.12 bits per heavy atom. The third-order valence-corrected chi connectivity index (χ3v) is 4.21. The predicted molar refractivity (Wildman–Crippen MR) is 80.3 cm³/mol. The Labute approximate surface area is 135 Å². The van der Waals surface area contributed by atoms with Crippen LogP contribution in [0, 0.1) is 5.82 Å². The summed E-state index contributed by atoms with van der Waals surface area (Å²) in [5.41, 5.74) is 1.23. The quantitative estimate of drug-likeness (QED) is 0.543. The second-order valence-electron chi connectivity index (χ2n) is 5.62. The molecule has 1 fully saturated rings. The first-order chi connectivity index (χ1) is 11.6. The van der Waals surface area contributed by atoms with Gasteiger partial charge in [0.15, 0.2) is 12.0 Å². The minimum absolute atomic E-state index is 0.178. The van der Waals surface area contributed by atoms with Crippen molar-refractivity contribution in [3.8, 4) is 11.4 Å². The van der Waals surface area contributed by atoms with Gasteiger partial charge in [0, 0.05) is 12.4 Å². The highest BCUT2D eigenvalue weighted by molar-refractivity contribution is 5.90. The van der Waals surface area contributed by atoms with Gasteiger partial charge in [-0.2, -0.15) is 0 Å². The molecule has 0 aliphatic carbocycles. The first kappa shape index (κ1) is 15.2. The molecule has 1 aliphatic heterocycles. The highest BCUT2D eigenvalue weighted by Crippen LogP contribution is 2.35. The lowest BCUT2D eigenvalue weighted by Gasteiger charge is -2.17. The molecular formula is C15H15FN4O4. The number of ether oxygens (including phenoxy) is 1. The highest BCUT2D eigenvalue weighted by Gasteiger charge is 2.44. The molecule has 126 valence electrons. The average molecular weight is 334 g/mol. The van der Waals surface area contributed by atoms with Gasteiger partial charge in [-0.05, 0) is 12.1 Å². The van der Waals surface area contributed by atoms with Crippen molar-refractivity contribution in [1.82, 2.24) is 19.5 Å². The van der Waals surface area contributed by atoms with Crippen LogP contribution in [0.3, 0.4) is 0 Å². The molecule has 4 rings (SSSR count). The van der Waals surface area contributed by atoms with Crippen LogP contribution in [0.4, 0.5) is 4.39 Å². The fraction of sp³-hybridized carbons (Fsp3) is 0.333. The fourth-order valence-electron chi connectivity index (χ4n) is 3.03. The number of hydrogen-bond acceptors (Lipinski definition) is 6. The summed E-state index contributed by atoms with van der Waals surface area (Å²) in [5.74, 6) is -0.576. The summed E-state index contributed by atoms with van der Waals surface area (Å²) in [7, 11) is 0. The largest absolute Gasteiger partial charge is 0.394 e. The SMILES string of the molecule is OC[C@H]1O[C@@H](n2cc(F)c3c(-c4ccc[nH]4)ncnc32)[C@H](O)[C@@H]1O. The Hall–Kier alpha value is -2.33. The second-order valence-corrected chi connectivity index (χ2v) is 5.62. The van der Waals surface area contributed by atoms with Crippen LogP contribution in [0.1, 0.15) is 6.23 Å². The van der Waals surface area contributed by atoms with E-state index in [0.29, 0.717) is 11.4 Å². The lowest BCUT2D eigenvalue weighted by Crippen LogP contribution is -2.33. The molecule has 24 heavy (non-hydrogen) atoms. The van der Waals surface area contributed by atoms with E-state index in [2.05, 4.69) is 15.0 Å². The number of aromatic amines is 1. The summed E-state index contributed by atoms with van der Waals surface area (Å²) in [6, 6.07) is 3.52. The van der Waals surface area contributed by atoms with Crippen molar-refractivity contribution in [2.75, 3.05) is 6.61 Å². The van der Waals surface area contributed by atoms with Crippen LogP contribution in [0.25, 0.3) is 22.4 Å². The number of aliphatic hydroxyl groups is 3. The van der Waals surface area contributed by atoms with Crippen molar-refractivity contribution in [2.24, 2.45) is 0 Å². The third-order valence-electron chi connectivity index (χ3n) is 4.21.